The van der Waals surface area contributed by atoms with Crippen molar-refractivity contribution in [1.29, 1.82) is 0 Å². The predicted octanol–water partition coefficient (Wildman–Crippen LogP) is 4.47. The Morgan fingerprint density at radius 2 is 1.74 bits per heavy atom. The molecule has 0 bridgehead atoms. The standard InChI is InChI=1S/C19H23BrN2O/c1-3-22(4-2)14-16-6-5-7-18(12-16)21-19(23)13-15-8-10-17(20)11-9-15/h5-12H,3-4,13-14H2,1-2H3,(H,21,23). The molecule has 23 heavy (non-hydrogen) atoms. The van der Waals surface area contributed by atoms with E-state index in [2.05, 4.69) is 52.1 Å². The average molecular weight is 375 g/mol. The van der Waals surface area contributed by atoms with E-state index in [9.17, 15) is 4.79 Å². The normalized spacial score (nSPS) is 10.8. The Kier molecular flexibility index (Phi) is 6.81. The summed E-state index contributed by atoms with van der Waals surface area (Å²) in [6, 6.07) is 15.9. The van der Waals surface area contributed by atoms with Gasteiger partial charge in [-0.25, -0.2) is 0 Å². The van der Waals surface area contributed by atoms with Crippen LogP contribution in [0.5, 0.6) is 0 Å². The summed E-state index contributed by atoms with van der Waals surface area (Å²) in [6.07, 6.45) is 0.382. The van der Waals surface area contributed by atoms with Crippen LogP contribution in [0.4, 0.5) is 5.69 Å². The molecule has 0 heterocycles. The van der Waals surface area contributed by atoms with Gasteiger partial charge in [-0.05, 0) is 48.5 Å². The smallest absolute Gasteiger partial charge is 0.228 e. The van der Waals surface area contributed by atoms with Gasteiger partial charge in [0.2, 0.25) is 5.91 Å². The van der Waals surface area contributed by atoms with E-state index in [1.54, 1.807) is 0 Å². The van der Waals surface area contributed by atoms with Crippen molar-refractivity contribution in [3.05, 3.63) is 64.1 Å². The molecule has 0 fully saturated rings. The van der Waals surface area contributed by atoms with Gasteiger partial charge in [-0.1, -0.05) is 54.0 Å². The maximum atomic E-state index is 12.2. The van der Waals surface area contributed by atoms with Gasteiger partial charge in [0.05, 0.1) is 6.42 Å². The van der Waals surface area contributed by atoms with Crippen molar-refractivity contribution in [2.45, 2.75) is 26.8 Å². The molecule has 4 heteroatoms. The topological polar surface area (TPSA) is 32.3 Å². The molecule has 122 valence electrons. The zero-order valence-electron chi connectivity index (χ0n) is 13.7. The Morgan fingerprint density at radius 3 is 2.39 bits per heavy atom. The van der Waals surface area contributed by atoms with Gasteiger partial charge in [0.15, 0.2) is 0 Å². The fourth-order valence-electron chi connectivity index (χ4n) is 2.45. The lowest BCUT2D eigenvalue weighted by molar-refractivity contribution is -0.115. The number of benzene rings is 2. The highest BCUT2D eigenvalue weighted by molar-refractivity contribution is 9.10. The van der Waals surface area contributed by atoms with Crippen LogP contribution in [0.2, 0.25) is 0 Å². The average Bonchev–Trinajstić information content (AvgIpc) is 2.55. The Bertz CT molecular complexity index is 636. The van der Waals surface area contributed by atoms with E-state index in [4.69, 9.17) is 0 Å². The van der Waals surface area contributed by atoms with Gasteiger partial charge in [0.1, 0.15) is 0 Å². The monoisotopic (exact) mass is 374 g/mol. The van der Waals surface area contributed by atoms with Crippen molar-refractivity contribution < 1.29 is 4.79 Å². The summed E-state index contributed by atoms with van der Waals surface area (Å²) in [5.74, 6) is 0.00677. The molecule has 0 aliphatic carbocycles. The highest BCUT2D eigenvalue weighted by Gasteiger charge is 2.06. The molecule has 0 aromatic heterocycles. The van der Waals surface area contributed by atoms with Crippen molar-refractivity contribution in [2.75, 3.05) is 18.4 Å². The van der Waals surface area contributed by atoms with Gasteiger partial charge in [0, 0.05) is 16.7 Å². The molecule has 1 N–H and O–H groups in total. The van der Waals surface area contributed by atoms with E-state index in [-0.39, 0.29) is 5.91 Å². The number of carbonyl (C=O) groups excluding carboxylic acids is 1. The Balaban J connectivity index is 1.96. The van der Waals surface area contributed by atoms with Crippen molar-refractivity contribution in [3.63, 3.8) is 0 Å². The molecule has 0 saturated carbocycles. The van der Waals surface area contributed by atoms with Gasteiger partial charge in [-0.3, -0.25) is 9.69 Å². The second-order valence-electron chi connectivity index (χ2n) is 5.51. The van der Waals surface area contributed by atoms with Crippen LogP contribution in [-0.2, 0) is 17.8 Å². The SMILES string of the molecule is CCN(CC)Cc1cccc(NC(=O)Cc2ccc(Br)cc2)c1. The minimum atomic E-state index is 0.00677. The van der Waals surface area contributed by atoms with Crippen molar-refractivity contribution in [1.82, 2.24) is 4.90 Å². The number of hydrogen-bond donors (Lipinski definition) is 1. The first-order chi connectivity index (χ1) is 11.1. The van der Waals surface area contributed by atoms with Crippen molar-refractivity contribution in [3.8, 4) is 0 Å². The quantitative estimate of drug-likeness (QED) is 0.774. The molecule has 2 aromatic rings. The largest absolute Gasteiger partial charge is 0.326 e. The Morgan fingerprint density at radius 1 is 1.04 bits per heavy atom. The molecule has 1 amide bonds. The van der Waals surface area contributed by atoms with E-state index in [1.165, 1.54) is 5.56 Å². The summed E-state index contributed by atoms with van der Waals surface area (Å²) in [4.78, 5) is 14.5. The maximum absolute atomic E-state index is 12.2. The van der Waals surface area contributed by atoms with Crippen LogP contribution in [0, 0.1) is 0 Å². The van der Waals surface area contributed by atoms with Crippen LogP contribution >= 0.6 is 15.9 Å². The fourth-order valence-corrected chi connectivity index (χ4v) is 2.71. The Labute approximate surface area is 146 Å². The summed E-state index contributed by atoms with van der Waals surface area (Å²) in [6.45, 7) is 7.28. The molecular formula is C19H23BrN2O. The number of carbonyl (C=O) groups is 1. The minimum absolute atomic E-state index is 0.00677. The number of nitrogens with one attached hydrogen (secondary N) is 1. The highest BCUT2D eigenvalue weighted by Crippen LogP contribution is 2.14. The fraction of sp³-hybridized carbons (Fsp3) is 0.316. The van der Waals surface area contributed by atoms with Gasteiger partial charge < -0.3 is 5.32 Å². The van der Waals surface area contributed by atoms with Crippen LogP contribution in [0.15, 0.2) is 53.0 Å². The van der Waals surface area contributed by atoms with E-state index in [1.807, 2.05) is 36.4 Å². The third kappa shape index (κ3) is 5.81. The molecule has 2 aromatic carbocycles. The molecule has 0 unspecified atom stereocenters. The molecule has 0 saturated heterocycles. The summed E-state index contributed by atoms with van der Waals surface area (Å²) >= 11 is 3.40. The van der Waals surface area contributed by atoms with Crippen LogP contribution in [-0.4, -0.2) is 23.9 Å². The summed E-state index contributed by atoms with van der Waals surface area (Å²) < 4.78 is 1.02. The van der Waals surface area contributed by atoms with Gasteiger partial charge in [-0.2, -0.15) is 0 Å². The van der Waals surface area contributed by atoms with E-state index in [0.29, 0.717) is 6.42 Å². The summed E-state index contributed by atoms with van der Waals surface area (Å²) in [7, 11) is 0. The van der Waals surface area contributed by atoms with Gasteiger partial charge >= 0.3 is 0 Å². The Hall–Kier alpha value is -1.65. The molecule has 0 aliphatic rings. The van der Waals surface area contributed by atoms with Crippen LogP contribution in [0.25, 0.3) is 0 Å². The maximum Gasteiger partial charge on any atom is 0.228 e. The first-order valence-corrected chi connectivity index (χ1v) is 8.75. The minimum Gasteiger partial charge on any atom is -0.326 e. The second kappa shape index (κ2) is 8.85. The number of halogens is 1. The lowest BCUT2D eigenvalue weighted by Crippen LogP contribution is -2.22. The lowest BCUT2D eigenvalue weighted by Gasteiger charge is -2.18. The molecule has 0 aliphatic heterocycles. The summed E-state index contributed by atoms with van der Waals surface area (Å²) in [5, 5.41) is 2.99. The number of anilines is 1. The molecule has 3 nitrogen and oxygen atoms in total. The van der Waals surface area contributed by atoms with E-state index >= 15 is 0 Å². The zero-order valence-corrected chi connectivity index (χ0v) is 15.3. The van der Waals surface area contributed by atoms with Crippen LogP contribution in [0.1, 0.15) is 25.0 Å². The second-order valence-corrected chi connectivity index (χ2v) is 6.43. The third-order valence-corrected chi connectivity index (χ3v) is 4.32. The first kappa shape index (κ1) is 17.7. The molecule has 0 atom stereocenters. The van der Waals surface area contributed by atoms with Crippen LogP contribution in [0.3, 0.4) is 0 Å². The summed E-state index contributed by atoms with van der Waals surface area (Å²) in [5.41, 5.74) is 3.08. The third-order valence-electron chi connectivity index (χ3n) is 3.79. The lowest BCUT2D eigenvalue weighted by atomic mass is 10.1. The molecule has 0 radical (unpaired) electrons. The highest BCUT2D eigenvalue weighted by atomic mass is 79.9. The first-order valence-electron chi connectivity index (χ1n) is 7.96. The molecule has 0 spiro atoms. The number of hydrogen-bond acceptors (Lipinski definition) is 2. The van der Waals surface area contributed by atoms with E-state index < -0.39 is 0 Å². The number of nitrogens with zero attached hydrogens (tertiary/aromatic N) is 1. The van der Waals surface area contributed by atoms with Crippen molar-refractivity contribution in [2.24, 2.45) is 0 Å². The van der Waals surface area contributed by atoms with E-state index in [0.717, 1.165) is 35.4 Å². The number of amides is 1. The van der Waals surface area contributed by atoms with Crippen molar-refractivity contribution >= 4 is 27.5 Å². The van der Waals surface area contributed by atoms with Gasteiger partial charge in [0.25, 0.3) is 0 Å². The molecular weight excluding hydrogens is 352 g/mol. The zero-order chi connectivity index (χ0) is 16.7. The molecule has 2 rings (SSSR count). The number of rotatable bonds is 7. The predicted molar refractivity (Wildman–Crippen MR) is 99.5 cm³/mol. The van der Waals surface area contributed by atoms with Gasteiger partial charge in [-0.15, -0.1) is 0 Å². The van der Waals surface area contributed by atoms with Crippen LogP contribution < -0.4 is 5.32 Å².